The highest BCUT2D eigenvalue weighted by Crippen LogP contribution is 2.28. The van der Waals surface area contributed by atoms with Gasteiger partial charge in [0.15, 0.2) is 5.82 Å². The van der Waals surface area contributed by atoms with Crippen molar-refractivity contribution in [2.45, 2.75) is 33.6 Å². The average Bonchev–Trinajstić information content (AvgIpc) is 3.03. The Morgan fingerprint density at radius 2 is 1.93 bits per heavy atom. The van der Waals surface area contributed by atoms with Crippen molar-refractivity contribution >= 4 is 22.8 Å². The molecule has 140 valence electrons. The Morgan fingerprint density at radius 3 is 2.67 bits per heavy atom. The smallest absolute Gasteiger partial charge is 0.323 e. The number of piperidine rings is 1. The molecule has 1 atom stereocenters. The molecule has 1 aliphatic rings. The number of aromatic amines is 1. The van der Waals surface area contributed by atoms with Crippen molar-refractivity contribution < 1.29 is 4.79 Å². The summed E-state index contributed by atoms with van der Waals surface area (Å²) in [4.78, 5) is 14.5. The van der Waals surface area contributed by atoms with Crippen molar-refractivity contribution in [3.63, 3.8) is 0 Å². The van der Waals surface area contributed by atoms with Crippen LogP contribution in [0.1, 0.15) is 30.9 Å². The van der Waals surface area contributed by atoms with Crippen LogP contribution in [0.4, 0.5) is 10.6 Å². The number of carbonyl (C=O) groups excluding carboxylic acids is 1. The van der Waals surface area contributed by atoms with Gasteiger partial charge < -0.3 is 4.90 Å². The molecular formula is C22H26N4O. The number of hydrogen-bond donors (Lipinski definition) is 2. The molecular weight excluding hydrogens is 336 g/mol. The predicted octanol–water partition coefficient (Wildman–Crippen LogP) is 5.11. The molecule has 4 rings (SSSR count). The molecule has 0 bridgehead atoms. The molecule has 1 unspecified atom stereocenters. The van der Waals surface area contributed by atoms with Gasteiger partial charge in [-0.25, -0.2) is 4.79 Å². The largest absolute Gasteiger partial charge is 0.324 e. The third-order valence-corrected chi connectivity index (χ3v) is 5.29. The van der Waals surface area contributed by atoms with Gasteiger partial charge in [-0.05, 0) is 55.9 Å². The van der Waals surface area contributed by atoms with Crippen molar-refractivity contribution in [3.05, 3.63) is 47.5 Å². The second kappa shape index (κ2) is 7.06. The lowest BCUT2D eigenvalue weighted by atomic mass is 10.00. The monoisotopic (exact) mass is 362 g/mol. The van der Waals surface area contributed by atoms with Crippen LogP contribution in [0.3, 0.4) is 0 Å². The Kier molecular flexibility index (Phi) is 4.60. The third-order valence-electron chi connectivity index (χ3n) is 5.29. The minimum atomic E-state index is -0.0617. The maximum Gasteiger partial charge on any atom is 0.323 e. The highest BCUT2D eigenvalue weighted by molar-refractivity contribution is 6.00. The SMILES string of the molecule is Cc1cc(C)cc(-c2ccc3c(NC(=O)N4CCCC(C)C4)n[nH]c3c2)c1. The number of carbonyl (C=O) groups is 1. The van der Waals surface area contributed by atoms with Gasteiger partial charge in [0.1, 0.15) is 0 Å². The average molecular weight is 362 g/mol. The van der Waals surface area contributed by atoms with E-state index >= 15 is 0 Å². The van der Waals surface area contributed by atoms with E-state index in [1.165, 1.54) is 23.1 Å². The van der Waals surface area contributed by atoms with Crippen LogP contribution in [-0.2, 0) is 0 Å². The van der Waals surface area contributed by atoms with Crippen molar-refractivity contribution in [2.75, 3.05) is 18.4 Å². The van der Waals surface area contributed by atoms with Crippen molar-refractivity contribution in [1.82, 2.24) is 15.1 Å². The number of likely N-dealkylation sites (tertiary alicyclic amines) is 1. The van der Waals surface area contributed by atoms with Crippen molar-refractivity contribution in [2.24, 2.45) is 5.92 Å². The van der Waals surface area contributed by atoms with Crippen LogP contribution < -0.4 is 5.32 Å². The molecule has 2 amide bonds. The predicted molar refractivity (Wildman–Crippen MR) is 110 cm³/mol. The molecule has 1 saturated heterocycles. The normalized spacial score (nSPS) is 17.3. The van der Waals surface area contributed by atoms with Crippen LogP contribution in [0.15, 0.2) is 36.4 Å². The molecule has 0 aliphatic carbocycles. The number of anilines is 1. The fourth-order valence-electron chi connectivity index (χ4n) is 3.99. The fourth-order valence-corrected chi connectivity index (χ4v) is 3.99. The van der Waals surface area contributed by atoms with Gasteiger partial charge in [0.2, 0.25) is 0 Å². The number of urea groups is 1. The second-order valence-corrected chi connectivity index (χ2v) is 7.83. The summed E-state index contributed by atoms with van der Waals surface area (Å²) >= 11 is 0. The fraction of sp³-hybridized carbons (Fsp3) is 0.364. The number of aromatic nitrogens is 2. The highest BCUT2D eigenvalue weighted by atomic mass is 16.2. The molecule has 27 heavy (non-hydrogen) atoms. The van der Waals surface area contributed by atoms with Crippen LogP contribution in [-0.4, -0.2) is 34.2 Å². The maximum atomic E-state index is 12.6. The molecule has 2 N–H and O–H groups in total. The van der Waals surface area contributed by atoms with Gasteiger partial charge in [-0.2, -0.15) is 5.10 Å². The summed E-state index contributed by atoms with van der Waals surface area (Å²) in [6.07, 6.45) is 2.26. The van der Waals surface area contributed by atoms with E-state index in [-0.39, 0.29) is 6.03 Å². The van der Waals surface area contributed by atoms with E-state index in [0.29, 0.717) is 11.7 Å². The number of hydrogen-bond acceptors (Lipinski definition) is 2. The molecule has 3 aromatic rings. The molecule has 1 aliphatic heterocycles. The van der Waals surface area contributed by atoms with Gasteiger partial charge in [0.05, 0.1) is 5.52 Å². The van der Waals surface area contributed by atoms with E-state index in [1.54, 1.807) is 0 Å². The lowest BCUT2D eigenvalue weighted by Gasteiger charge is -2.30. The summed E-state index contributed by atoms with van der Waals surface area (Å²) in [5, 5.41) is 11.3. The summed E-state index contributed by atoms with van der Waals surface area (Å²) in [5.41, 5.74) is 5.75. The second-order valence-electron chi connectivity index (χ2n) is 7.83. The Balaban J connectivity index is 1.58. The molecule has 2 aromatic carbocycles. The molecule has 5 nitrogen and oxygen atoms in total. The minimum Gasteiger partial charge on any atom is -0.324 e. The number of benzene rings is 2. The lowest BCUT2D eigenvalue weighted by molar-refractivity contribution is 0.182. The molecule has 1 aromatic heterocycles. The van der Waals surface area contributed by atoms with Crippen LogP contribution in [0.2, 0.25) is 0 Å². The number of nitrogens with zero attached hydrogens (tertiary/aromatic N) is 2. The Labute approximate surface area is 159 Å². The van der Waals surface area contributed by atoms with Gasteiger partial charge in [0, 0.05) is 18.5 Å². The van der Waals surface area contributed by atoms with Gasteiger partial charge in [-0.3, -0.25) is 10.4 Å². The first-order valence-electron chi connectivity index (χ1n) is 9.62. The minimum absolute atomic E-state index is 0.0617. The molecule has 2 heterocycles. The van der Waals surface area contributed by atoms with E-state index in [4.69, 9.17) is 0 Å². The quantitative estimate of drug-likeness (QED) is 0.665. The summed E-state index contributed by atoms with van der Waals surface area (Å²) in [6, 6.07) is 12.7. The zero-order chi connectivity index (χ0) is 19.0. The van der Waals surface area contributed by atoms with Crippen LogP contribution >= 0.6 is 0 Å². The third kappa shape index (κ3) is 3.68. The standard InChI is InChI=1S/C22H26N4O/c1-14-5-4-8-26(13-14)22(27)23-21-19-7-6-17(12-20(19)24-25-21)18-10-15(2)9-16(3)11-18/h6-7,9-12,14H,4-5,8,13H2,1-3H3,(H2,23,24,25,27). The van der Waals surface area contributed by atoms with Crippen LogP contribution in [0, 0.1) is 19.8 Å². The summed E-state index contributed by atoms with van der Waals surface area (Å²) < 4.78 is 0. The number of rotatable bonds is 2. The summed E-state index contributed by atoms with van der Waals surface area (Å²) in [7, 11) is 0. The van der Waals surface area contributed by atoms with E-state index < -0.39 is 0 Å². The van der Waals surface area contributed by atoms with Crippen LogP contribution in [0.25, 0.3) is 22.0 Å². The first kappa shape index (κ1) is 17.6. The zero-order valence-electron chi connectivity index (χ0n) is 16.2. The first-order chi connectivity index (χ1) is 13.0. The van der Waals surface area contributed by atoms with E-state index in [1.807, 2.05) is 11.0 Å². The lowest BCUT2D eigenvalue weighted by Crippen LogP contribution is -2.41. The Morgan fingerprint density at radius 1 is 1.15 bits per heavy atom. The first-order valence-corrected chi connectivity index (χ1v) is 9.62. The van der Waals surface area contributed by atoms with E-state index in [2.05, 4.69) is 66.6 Å². The topological polar surface area (TPSA) is 61.0 Å². The number of aryl methyl sites for hydroxylation is 2. The zero-order valence-corrected chi connectivity index (χ0v) is 16.2. The van der Waals surface area contributed by atoms with Crippen molar-refractivity contribution in [3.8, 4) is 11.1 Å². The number of nitrogens with one attached hydrogen (secondary N) is 2. The van der Waals surface area contributed by atoms with E-state index in [9.17, 15) is 4.79 Å². The van der Waals surface area contributed by atoms with Gasteiger partial charge in [-0.15, -0.1) is 0 Å². The van der Waals surface area contributed by atoms with E-state index in [0.717, 1.165) is 36.0 Å². The van der Waals surface area contributed by atoms with Gasteiger partial charge in [-0.1, -0.05) is 42.3 Å². The molecule has 5 heteroatoms. The number of fused-ring (bicyclic) bond motifs is 1. The maximum absolute atomic E-state index is 12.6. The summed E-state index contributed by atoms with van der Waals surface area (Å²) in [5.74, 6) is 1.15. The Bertz CT molecular complexity index is 971. The van der Waals surface area contributed by atoms with Crippen LogP contribution in [0.5, 0.6) is 0 Å². The number of H-pyrrole nitrogens is 1. The highest BCUT2D eigenvalue weighted by Gasteiger charge is 2.22. The molecule has 0 spiro atoms. The van der Waals surface area contributed by atoms with Crippen molar-refractivity contribution in [1.29, 1.82) is 0 Å². The molecule has 0 saturated carbocycles. The van der Waals surface area contributed by atoms with Gasteiger partial charge in [0.25, 0.3) is 0 Å². The number of amides is 2. The molecule has 0 radical (unpaired) electrons. The molecule has 1 fully saturated rings. The van der Waals surface area contributed by atoms with Gasteiger partial charge >= 0.3 is 6.03 Å². The Hall–Kier alpha value is -2.82. The summed E-state index contributed by atoms with van der Waals surface area (Å²) in [6.45, 7) is 8.04.